The van der Waals surface area contributed by atoms with Crippen LogP contribution in [0.4, 0.5) is 9.52 Å². The molecule has 0 N–H and O–H groups in total. The van der Waals surface area contributed by atoms with Crippen LogP contribution in [0, 0.1) is 5.82 Å². The van der Waals surface area contributed by atoms with Crippen LogP contribution in [-0.4, -0.2) is 15.9 Å². The highest BCUT2D eigenvalue weighted by Crippen LogP contribution is 2.33. The summed E-state index contributed by atoms with van der Waals surface area (Å²) in [6.07, 6.45) is 1.66. The molecule has 0 radical (unpaired) electrons. The van der Waals surface area contributed by atoms with Crippen LogP contribution in [0.1, 0.15) is 15.4 Å². The van der Waals surface area contributed by atoms with Crippen molar-refractivity contribution in [2.75, 3.05) is 4.90 Å². The van der Waals surface area contributed by atoms with Crippen molar-refractivity contribution < 1.29 is 9.18 Å². The molecule has 26 heavy (non-hydrogen) atoms. The zero-order valence-electron chi connectivity index (χ0n) is 13.2. The first-order valence-electron chi connectivity index (χ1n) is 7.64. The third-order valence-electron chi connectivity index (χ3n) is 3.66. The third kappa shape index (κ3) is 3.33. The predicted octanol–water partition coefficient (Wildman–Crippen LogP) is 5.39. The number of hydrogen-bond acceptors (Lipinski definition) is 5. The lowest BCUT2D eigenvalue weighted by Gasteiger charge is -2.18. The lowest BCUT2D eigenvalue weighted by Crippen LogP contribution is -2.30. The summed E-state index contributed by atoms with van der Waals surface area (Å²) in [6.45, 7) is 0.233. The summed E-state index contributed by atoms with van der Waals surface area (Å²) in [5.41, 5.74) is 0.971. The van der Waals surface area contributed by atoms with Gasteiger partial charge in [-0.3, -0.25) is 14.7 Å². The van der Waals surface area contributed by atoms with Crippen molar-refractivity contribution in [3.8, 4) is 0 Å². The maximum absolute atomic E-state index is 14.0. The Hall–Kier alpha value is -2.35. The van der Waals surface area contributed by atoms with Crippen LogP contribution in [0.2, 0.25) is 4.34 Å². The Labute approximate surface area is 161 Å². The predicted molar refractivity (Wildman–Crippen MR) is 104 cm³/mol. The van der Waals surface area contributed by atoms with Gasteiger partial charge in [0, 0.05) is 6.20 Å². The van der Waals surface area contributed by atoms with E-state index in [2.05, 4.69) is 9.97 Å². The van der Waals surface area contributed by atoms with Gasteiger partial charge in [0.15, 0.2) is 5.13 Å². The number of thiazole rings is 1. The number of hydrogen-bond donors (Lipinski definition) is 0. The van der Waals surface area contributed by atoms with Crippen LogP contribution >= 0.6 is 34.3 Å². The summed E-state index contributed by atoms with van der Waals surface area (Å²) in [7, 11) is 0. The van der Waals surface area contributed by atoms with Crippen LogP contribution in [0.15, 0.2) is 54.7 Å². The molecule has 4 rings (SSSR count). The van der Waals surface area contributed by atoms with E-state index in [1.807, 2.05) is 18.2 Å². The van der Waals surface area contributed by atoms with Gasteiger partial charge in [-0.1, -0.05) is 35.1 Å². The first kappa shape index (κ1) is 17.1. The van der Waals surface area contributed by atoms with Gasteiger partial charge in [0.25, 0.3) is 5.91 Å². The van der Waals surface area contributed by atoms with E-state index in [9.17, 15) is 9.18 Å². The fourth-order valence-corrected chi connectivity index (χ4v) is 4.43. The summed E-state index contributed by atoms with van der Waals surface area (Å²) < 4.78 is 15.2. The summed E-state index contributed by atoms with van der Waals surface area (Å²) in [4.78, 5) is 23.7. The van der Waals surface area contributed by atoms with Crippen molar-refractivity contribution >= 4 is 55.5 Å². The summed E-state index contributed by atoms with van der Waals surface area (Å²) in [6, 6.07) is 13.6. The van der Waals surface area contributed by atoms with Crippen molar-refractivity contribution in [2.24, 2.45) is 0 Å². The molecule has 0 saturated carbocycles. The van der Waals surface area contributed by atoms with E-state index in [1.54, 1.807) is 30.5 Å². The van der Waals surface area contributed by atoms with Gasteiger partial charge < -0.3 is 0 Å². The quantitative estimate of drug-likeness (QED) is 0.458. The second-order valence-corrected chi connectivity index (χ2v) is 8.12. The van der Waals surface area contributed by atoms with Crippen molar-refractivity contribution in [3.63, 3.8) is 0 Å². The lowest BCUT2D eigenvalue weighted by molar-refractivity contribution is 0.0988. The number of para-hydroxylation sites is 1. The highest BCUT2D eigenvalue weighted by atomic mass is 35.5. The van der Waals surface area contributed by atoms with Crippen molar-refractivity contribution in [1.29, 1.82) is 0 Å². The number of anilines is 1. The van der Waals surface area contributed by atoms with Crippen LogP contribution < -0.4 is 4.90 Å². The van der Waals surface area contributed by atoms with Gasteiger partial charge in [-0.25, -0.2) is 9.37 Å². The Morgan fingerprint density at radius 2 is 2.00 bits per heavy atom. The minimum Gasteiger partial charge on any atom is -0.277 e. The largest absolute Gasteiger partial charge is 0.277 e. The molecule has 0 unspecified atom stereocenters. The van der Waals surface area contributed by atoms with E-state index in [4.69, 9.17) is 11.6 Å². The standard InChI is InChI=1S/C18H11ClFN3OS2/c19-15-8-7-14(25-15)17(24)23(10-11-4-1-2-9-21-11)18-22-16-12(20)5-3-6-13(16)26-18/h1-9H,10H2. The number of rotatable bonds is 4. The second kappa shape index (κ2) is 7.11. The van der Waals surface area contributed by atoms with Gasteiger partial charge >= 0.3 is 0 Å². The zero-order valence-corrected chi connectivity index (χ0v) is 15.6. The first-order chi connectivity index (χ1) is 12.6. The van der Waals surface area contributed by atoms with Crippen LogP contribution in [-0.2, 0) is 6.54 Å². The fraction of sp³-hybridized carbons (Fsp3) is 0.0556. The number of carbonyl (C=O) groups excluding carboxylic acids is 1. The molecule has 0 aliphatic carbocycles. The smallest absolute Gasteiger partial charge is 0.270 e. The molecule has 0 aliphatic heterocycles. The summed E-state index contributed by atoms with van der Waals surface area (Å²) in [5.74, 6) is -0.651. The average Bonchev–Trinajstić information content (AvgIpc) is 3.27. The fourth-order valence-electron chi connectivity index (χ4n) is 2.46. The number of pyridine rings is 1. The molecule has 3 aromatic heterocycles. The molecule has 8 heteroatoms. The topological polar surface area (TPSA) is 46.1 Å². The number of carbonyl (C=O) groups is 1. The Bertz CT molecular complexity index is 1080. The van der Waals surface area contributed by atoms with Gasteiger partial charge in [-0.15, -0.1) is 11.3 Å². The van der Waals surface area contributed by atoms with E-state index in [-0.39, 0.29) is 18.0 Å². The Morgan fingerprint density at radius 1 is 1.12 bits per heavy atom. The number of thiophene rings is 1. The highest BCUT2D eigenvalue weighted by Gasteiger charge is 2.24. The molecule has 0 bridgehead atoms. The van der Waals surface area contributed by atoms with Crippen molar-refractivity contribution in [1.82, 2.24) is 9.97 Å². The van der Waals surface area contributed by atoms with Crippen molar-refractivity contribution in [2.45, 2.75) is 6.54 Å². The maximum atomic E-state index is 14.0. The second-order valence-electron chi connectivity index (χ2n) is 5.40. The van der Waals surface area contributed by atoms with Gasteiger partial charge in [0.05, 0.1) is 26.2 Å². The molecule has 0 atom stereocenters. The molecular weight excluding hydrogens is 393 g/mol. The Morgan fingerprint density at radius 3 is 2.69 bits per heavy atom. The number of aromatic nitrogens is 2. The summed E-state index contributed by atoms with van der Waals surface area (Å²) >= 11 is 8.44. The number of nitrogens with zero attached hydrogens (tertiary/aromatic N) is 3. The van der Waals surface area contributed by atoms with E-state index < -0.39 is 5.82 Å². The minimum absolute atomic E-state index is 0.233. The van der Waals surface area contributed by atoms with E-state index >= 15 is 0 Å². The van der Waals surface area contributed by atoms with Gasteiger partial charge in [-0.05, 0) is 36.4 Å². The zero-order chi connectivity index (χ0) is 18.1. The molecule has 130 valence electrons. The molecule has 0 aliphatic rings. The Kier molecular flexibility index (Phi) is 4.67. The van der Waals surface area contributed by atoms with E-state index in [1.165, 1.54) is 33.6 Å². The number of amides is 1. The SMILES string of the molecule is O=C(c1ccc(Cl)s1)N(Cc1ccccn1)c1nc2c(F)cccc2s1. The van der Waals surface area contributed by atoms with Crippen LogP contribution in [0.25, 0.3) is 10.2 Å². The number of benzene rings is 1. The molecule has 4 nitrogen and oxygen atoms in total. The molecule has 4 aromatic rings. The third-order valence-corrected chi connectivity index (χ3v) is 5.93. The lowest BCUT2D eigenvalue weighted by atomic mass is 10.3. The average molecular weight is 404 g/mol. The molecule has 3 heterocycles. The van der Waals surface area contributed by atoms with Gasteiger partial charge in [-0.2, -0.15) is 0 Å². The van der Waals surface area contributed by atoms with E-state index in [0.717, 1.165) is 0 Å². The van der Waals surface area contributed by atoms with Crippen LogP contribution in [0.5, 0.6) is 0 Å². The van der Waals surface area contributed by atoms with Gasteiger partial charge in [0.1, 0.15) is 11.3 Å². The van der Waals surface area contributed by atoms with Crippen molar-refractivity contribution in [3.05, 3.63) is 75.5 Å². The van der Waals surface area contributed by atoms with E-state index in [0.29, 0.717) is 24.7 Å². The molecule has 1 aromatic carbocycles. The number of halogens is 2. The summed E-state index contributed by atoms with van der Waals surface area (Å²) in [5, 5.41) is 0.422. The molecule has 0 saturated heterocycles. The first-order valence-corrected chi connectivity index (χ1v) is 9.65. The Balaban J connectivity index is 1.78. The number of fused-ring (bicyclic) bond motifs is 1. The molecular formula is C18H11ClFN3OS2. The molecule has 0 spiro atoms. The maximum Gasteiger partial charge on any atom is 0.270 e. The van der Waals surface area contributed by atoms with Gasteiger partial charge in [0.2, 0.25) is 0 Å². The van der Waals surface area contributed by atoms with Crippen LogP contribution in [0.3, 0.4) is 0 Å². The normalized spacial score (nSPS) is 11.0. The monoisotopic (exact) mass is 403 g/mol. The highest BCUT2D eigenvalue weighted by molar-refractivity contribution is 7.22. The minimum atomic E-state index is -0.408. The molecule has 0 fully saturated rings. The molecule has 1 amide bonds.